The van der Waals surface area contributed by atoms with E-state index < -0.39 is 12.1 Å². The van der Waals surface area contributed by atoms with E-state index in [0.717, 1.165) is 37.0 Å². The van der Waals surface area contributed by atoms with E-state index in [0.29, 0.717) is 19.6 Å². The molecule has 2 aromatic carbocycles. The van der Waals surface area contributed by atoms with Crippen LogP contribution in [0.15, 0.2) is 54.6 Å². The Morgan fingerprint density at radius 3 is 2.38 bits per heavy atom. The fraction of sp³-hybridized carbons (Fsp3) is 0.409. The van der Waals surface area contributed by atoms with Gasteiger partial charge in [0.15, 0.2) is 6.10 Å². The number of esters is 1. The van der Waals surface area contributed by atoms with E-state index in [-0.39, 0.29) is 0 Å². The fourth-order valence-corrected chi connectivity index (χ4v) is 2.69. The molecule has 0 saturated heterocycles. The summed E-state index contributed by atoms with van der Waals surface area (Å²) in [6, 6.07) is 18.3. The molecule has 140 valence electrons. The first-order valence-electron chi connectivity index (χ1n) is 9.29. The summed E-state index contributed by atoms with van der Waals surface area (Å²) in [4.78, 5) is 11.3. The Morgan fingerprint density at radius 2 is 1.69 bits per heavy atom. The van der Waals surface area contributed by atoms with Crippen molar-refractivity contribution in [2.24, 2.45) is 0 Å². The molecule has 2 aromatic rings. The number of carbonyl (C=O) groups excluding carboxylic acids is 1. The van der Waals surface area contributed by atoms with E-state index in [1.54, 1.807) is 6.92 Å². The standard InChI is InChI=1S/C22H28O4/c1-2-25-22(24)21(23)12-8-4-5-9-18-13-15-20(16-14-18)26-17-19-10-6-3-7-11-19/h3,6-7,10-11,13-16,21,23H,2,4-5,8-9,12,17H2,1H3. The summed E-state index contributed by atoms with van der Waals surface area (Å²) in [6.07, 6.45) is 3.27. The monoisotopic (exact) mass is 356 g/mol. The molecule has 1 atom stereocenters. The Morgan fingerprint density at radius 1 is 0.962 bits per heavy atom. The van der Waals surface area contributed by atoms with Gasteiger partial charge in [0.05, 0.1) is 6.61 Å². The molecule has 0 heterocycles. The lowest BCUT2D eigenvalue weighted by Gasteiger charge is -2.09. The number of benzene rings is 2. The lowest BCUT2D eigenvalue weighted by molar-refractivity contribution is -0.153. The summed E-state index contributed by atoms with van der Waals surface area (Å²) in [6.45, 7) is 2.62. The molecule has 4 nitrogen and oxygen atoms in total. The minimum Gasteiger partial charge on any atom is -0.489 e. The maximum atomic E-state index is 11.3. The maximum Gasteiger partial charge on any atom is 0.334 e. The molecular formula is C22H28O4. The molecule has 0 aliphatic carbocycles. The molecule has 0 radical (unpaired) electrons. The number of aliphatic hydroxyl groups excluding tert-OH is 1. The van der Waals surface area contributed by atoms with Crippen LogP contribution in [-0.4, -0.2) is 23.8 Å². The van der Waals surface area contributed by atoms with Gasteiger partial charge in [-0.1, -0.05) is 55.3 Å². The van der Waals surface area contributed by atoms with Gasteiger partial charge in [0.2, 0.25) is 0 Å². The van der Waals surface area contributed by atoms with E-state index in [1.807, 2.05) is 42.5 Å². The van der Waals surface area contributed by atoms with Crippen molar-refractivity contribution >= 4 is 5.97 Å². The Balaban J connectivity index is 1.62. The number of hydrogen-bond donors (Lipinski definition) is 1. The van der Waals surface area contributed by atoms with E-state index >= 15 is 0 Å². The molecule has 2 rings (SSSR count). The van der Waals surface area contributed by atoms with Crippen molar-refractivity contribution in [3.63, 3.8) is 0 Å². The highest BCUT2D eigenvalue weighted by molar-refractivity contribution is 5.74. The number of rotatable bonds is 11. The predicted molar refractivity (Wildman–Crippen MR) is 102 cm³/mol. The molecule has 1 N–H and O–H groups in total. The average molecular weight is 356 g/mol. The second-order valence-electron chi connectivity index (χ2n) is 6.29. The highest BCUT2D eigenvalue weighted by atomic mass is 16.5. The van der Waals surface area contributed by atoms with E-state index in [2.05, 4.69) is 12.1 Å². The highest BCUT2D eigenvalue weighted by Gasteiger charge is 2.14. The van der Waals surface area contributed by atoms with Crippen molar-refractivity contribution in [3.05, 3.63) is 65.7 Å². The first kappa shape index (κ1) is 20.0. The van der Waals surface area contributed by atoms with E-state index in [1.165, 1.54) is 5.56 Å². The van der Waals surface area contributed by atoms with E-state index in [9.17, 15) is 9.90 Å². The van der Waals surface area contributed by atoms with Gasteiger partial charge in [0.25, 0.3) is 0 Å². The third-order valence-corrected chi connectivity index (χ3v) is 4.17. The van der Waals surface area contributed by atoms with Crippen LogP contribution in [-0.2, 0) is 22.6 Å². The average Bonchev–Trinajstić information content (AvgIpc) is 2.68. The van der Waals surface area contributed by atoms with Crippen molar-refractivity contribution in [3.8, 4) is 5.75 Å². The van der Waals surface area contributed by atoms with Crippen LogP contribution in [0, 0.1) is 0 Å². The van der Waals surface area contributed by atoms with Crippen molar-refractivity contribution in [2.75, 3.05) is 6.61 Å². The van der Waals surface area contributed by atoms with Gasteiger partial charge in [-0.15, -0.1) is 0 Å². The SMILES string of the molecule is CCOC(=O)C(O)CCCCCc1ccc(OCc2ccccc2)cc1. The number of hydrogen-bond acceptors (Lipinski definition) is 4. The number of aryl methyl sites for hydroxylation is 1. The summed E-state index contributed by atoms with van der Waals surface area (Å²) in [5.74, 6) is 0.355. The number of aliphatic hydroxyl groups is 1. The van der Waals surface area contributed by atoms with Gasteiger partial charge in [-0.25, -0.2) is 4.79 Å². The first-order valence-corrected chi connectivity index (χ1v) is 9.29. The quantitative estimate of drug-likeness (QED) is 0.482. The molecule has 0 aromatic heterocycles. The van der Waals surface area contributed by atoms with Crippen molar-refractivity contribution in [1.82, 2.24) is 0 Å². The largest absolute Gasteiger partial charge is 0.489 e. The molecule has 0 spiro atoms. The zero-order chi connectivity index (χ0) is 18.6. The van der Waals surface area contributed by atoms with Gasteiger partial charge >= 0.3 is 5.97 Å². The molecule has 0 aliphatic heterocycles. The molecule has 26 heavy (non-hydrogen) atoms. The summed E-state index contributed by atoms with van der Waals surface area (Å²) in [7, 11) is 0. The van der Waals surface area contributed by atoms with Crippen molar-refractivity contribution in [1.29, 1.82) is 0 Å². The molecule has 1 unspecified atom stereocenters. The van der Waals surface area contributed by atoms with Gasteiger partial charge in [0, 0.05) is 0 Å². The fourth-order valence-electron chi connectivity index (χ4n) is 2.69. The Kier molecular flexibility index (Phi) is 8.70. The summed E-state index contributed by atoms with van der Waals surface area (Å²) >= 11 is 0. The lowest BCUT2D eigenvalue weighted by Crippen LogP contribution is -2.22. The minimum absolute atomic E-state index is 0.306. The van der Waals surface area contributed by atoms with Crippen LogP contribution in [0.25, 0.3) is 0 Å². The smallest absolute Gasteiger partial charge is 0.334 e. The van der Waals surface area contributed by atoms with Crippen molar-refractivity contribution < 1.29 is 19.4 Å². The second kappa shape index (κ2) is 11.3. The molecule has 0 saturated carbocycles. The Bertz CT molecular complexity index is 637. The number of ether oxygens (including phenoxy) is 2. The van der Waals surface area contributed by atoms with Crippen LogP contribution in [0.1, 0.15) is 43.7 Å². The third kappa shape index (κ3) is 7.28. The van der Waals surface area contributed by atoms with Crippen LogP contribution >= 0.6 is 0 Å². The van der Waals surface area contributed by atoms with Crippen LogP contribution in [0.4, 0.5) is 0 Å². The maximum absolute atomic E-state index is 11.3. The predicted octanol–water partition coefficient (Wildman–Crippen LogP) is 4.29. The zero-order valence-electron chi connectivity index (χ0n) is 15.4. The summed E-state index contributed by atoms with van der Waals surface area (Å²) in [5, 5.41) is 9.64. The normalized spacial score (nSPS) is 11.8. The Hall–Kier alpha value is -2.33. The van der Waals surface area contributed by atoms with Gasteiger partial charge in [-0.3, -0.25) is 0 Å². The van der Waals surface area contributed by atoms with Gasteiger partial charge in [-0.05, 0) is 49.4 Å². The van der Waals surface area contributed by atoms with Crippen LogP contribution in [0.3, 0.4) is 0 Å². The molecule has 4 heteroatoms. The van der Waals surface area contributed by atoms with Crippen LogP contribution < -0.4 is 4.74 Å². The van der Waals surface area contributed by atoms with Gasteiger partial charge in [-0.2, -0.15) is 0 Å². The zero-order valence-corrected chi connectivity index (χ0v) is 15.4. The second-order valence-corrected chi connectivity index (χ2v) is 6.29. The van der Waals surface area contributed by atoms with Gasteiger partial charge in [0.1, 0.15) is 12.4 Å². The van der Waals surface area contributed by atoms with E-state index in [4.69, 9.17) is 9.47 Å². The first-order chi connectivity index (χ1) is 12.7. The highest BCUT2D eigenvalue weighted by Crippen LogP contribution is 2.16. The molecular weight excluding hydrogens is 328 g/mol. The van der Waals surface area contributed by atoms with Gasteiger partial charge < -0.3 is 14.6 Å². The molecule has 0 bridgehead atoms. The third-order valence-electron chi connectivity index (χ3n) is 4.17. The molecule has 0 aliphatic rings. The van der Waals surface area contributed by atoms with Crippen LogP contribution in [0.5, 0.6) is 5.75 Å². The Labute approximate surface area is 155 Å². The topological polar surface area (TPSA) is 55.8 Å². The van der Waals surface area contributed by atoms with Crippen LogP contribution in [0.2, 0.25) is 0 Å². The number of unbranched alkanes of at least 4 members (excludes halogenated alkanes) is 2. The van der Waals surface area contributed by atoms with Crippen molar-refractivity contribution in [2.45, 2.75) is 51.7 Å². The molecule has 0 fully saturated rings. The summed E-state index contributed by atoms with van der Waals surface area (Å²) in [5.41, 5.74) is 2.42. The minimum atomic E-state index is -0.990. The lowest BCUT2D eigenvalue weighted by atomic mass is 10.0. The number of carbonyl (C=O) groups is 1. The summed E-state index contributed by atoms with van der Waals surface area (Å²) < 4.78 is 10.6. The molecule has 0 amide bonds.